The Kier molecular flexibility index (Phi) is 3.77. The van der Waals surface area contributed by atoms with Crippen molar-refractivity contribution < 1.29 is 0 Å². The molecule has 0 atom stereocenters. The predicted octanol–water partition coefficient (Wildman–Crippen LogP) is 3.33. The molecule has 0 aliphatic carbocycles. The Morgan fingerprint density at radius 3 is 2.62 bits per heavy atom. The molecule has 1 N–H and O–H groups in total. The van der Waals surface area contributed by atoms with Crippen molar-refractivity contribution in [2.45, 2.75) is 32.7 Å². The van der Waals surface area contributed by atoms with Crippen LogP contribution in [0.4, 0.5) is 0 Å². The lowest BCUT2D eigenvalue weighted by Gasteiger charge is -2.19. The lowest BCUT2D eigenvalue weighted by atomic mass is 10.1. The number of thiophene rings is 1. The Morgan fingerprint density at radius 2 is 2.15 bits per heavy atom. The molecule has 0 aliphatic rings. The Hall–Kier alpha value is -0.0500. The van der Waals surface area contributed by atoms with Crippen LogP contribution in [0.15, 0.2) is 11.4 Å². The van der Waals surface area contributed by atoms with Gasteiger partial charge in [0.15, 0.2) is 0 Å². The van der Waals surface area contributed by atoms with Crippen molar-refractivity contribution in [3.8, 4) is 0 Å². The molecular weight excluding hydrogens is 202 g/mol. The largest absolute Gasteiger partial charge is 0.312 e. The molecule has 0 unspecified atom stereocenters. The molecule has 1 heterocycles. The second kappa shape index (κ2) is 4.45. The van der Waals surface area contributed by atoms with Gasteiger partial charge in [-0.2, -0.15) is 0 Å². The van der Waals surface area contributed by atoms with Gasteiger partial charge in [-0.05, 0) is 33.3 Å². The summed E-state index contributed by atoms with van der Waals surface area (Å²) in [6, 6.07) is 2.04. The molecule has 0 bridgehead atoms. The van der Waals surface area contributed by atoms with Crippen molar-refractivity contribution in [1.82, 2.24) is 5.32 Å². The van der Waals surface area contributed by atoms with Gasteiger partial charge in [0.25, 0.3) is 0 Å². The highest BCUT2D eigenvalue weighted by Gasteiger charge is 2.07. The van der Waals surface area contributed by atoms with Gasteiger partial charge in [-0.1, -0.05) is 11.6 Å². The molecule has 0 fully saturated rings. The van der Waals surface area contributed by atoms with E-state index < -0.39 is 0 Å². The van der Waals surface area contributed by atoms with Gasteiger partial charge in [0.2, 0.25) is 0 Å². The lowest BCUT2D eigenvalue weighted by molar-refractivity contribution is 0.430. The molecule has 0 saturated heterocycles. The molecule has 1 rings (SSSR count). The summed E-state index contributed by atoms with van der Waals surface area (Å²) in [5.74, 6) is 0. The number of hydrogen-bond acceptors (Lipinski definition) is 2. The van der Waals surface area contributed by atoms with Crippen LogP contribution >= 0.6 is 22.9 Å². The Balaban J connectivity index is 2.28. The highest BCUT2D eigenvalue weighted by atomic mass is 35.5. The minimum absolute atomic E-state index is 0.209. The van der Waals surface area contributed by atoms with E-state index in [0.29, 0.717) is 0 Å². The van der Waals surface area contributed by atoms with Crippen LogP contribution in [-0.2, 0) is 6.42 Å². The van der Waals surface area contributed by atoms with Gasteiger partial charge < -0.3 is 5.32 Å². The van der Waals surface area contributed by atoms with Crippen LogP contribution < -0.4 is 5.32 Å². The van der Waals surface area contributed by atoms with E-state index in [1.807, 2.05) is 11.4 Å². The zero-order valence-corrected chi connectivity index (χ0v) is 9.93. The van der Waals surface area contributed by atoms with E-state index in [4.69, 9.17) is 11.6 Å². The van der Waals surface area contributed by atoms with E-state index in [2.05, 4.69) is 26.1 Å². The van der Waals surface area contributed by atoms with Gasteiger partial charge in [-0.25, -0.2) is 0 Å². The molecule has 0 saturated carbocycles. The Morgan fingerprint density at radius 1 is 1.46 bits per heavy atom. The molecule has 1 aromatic rings. The van der Waals surface area contributed by atoms with E-state index >= 15 is 0 Å². The van der Waals surface area contributed by atoms with Gasteiger partial charge in [0, 0.05) is 22.3 Å². The maximum absolute atomic E-state index is 5.82. The summed E-state index contributed by atoms with van der Waals surface area (Å²) in [5.41, 5.74) is 0.209. The van der Waals surface area contributed by atoms with Crippen LogP contribution in [-0.4, -0.2) is 12.1 Å². The molecular formula is C10H16ClNS. The fraction of sp³-hybridized carbons (Fsp3) is 0.600. The van der Waals surface area contributed by atoms with Crippen molar-refractivity contribution in [3.63, 3.8) is 0 Å². The predicted molar refractivity (Wildman–Crippen MR) is 60.8 cm³/mol. The molecule has 0 aliphatic heterocycles. The normalized spacial score (nSPS) is 12.0. The fourth-order valence-electron chi connectivity index (χ4n) is 1.05. The van der Waals surface area contributed by atoms with E-state index in [1.54, 1.807) is 11.3 Å². The van der Waals surface area contributed by atoms with Crippen LogP contribution in [0.1, 0.15) is 25.6 Å². The molecule has 3 heteroatoms. The number of halogens is 1. The summed E-state index contributed by atoms with van der Waals surface area (Å²) < 4.78 is 0. The van der Waals surface area contributed by atoms with Crippen LogP contribution in [0, 0.1) is 0 Å². The highest BCUT2D eigenvalue weighted by molar-refractivity contribution is 7.10. The standard InChI is InChI=1S/C10H16ClNS/c1-10(2,3)12-5-4-9-6-8(11)7-13-9/h6-7,12H,4-5H2,1-3H3. The quantitative estimate of drug-likeness (QED) is 0.819. The van der Waals surface area contributed by atoms with Crippen molar-refractivity contribution in [3.05, 3.63) is 21.3 Å². The van der Waals surface area contributed by atoms with Crippen LogP contribution in [0.5, 0.6) is 0 Å². The SMILES string of the molecule is CC(C)(C)NCCc1cc(Cl)cs1. The third-order valence-electron chi connectivity index (χ3n) is 1.65. The monoisotopic (exact) mass is 217 g/mol. The second-order valence-electron chi connectivity index (χ2n) is 4.16. The van der Waals surface area contributed by atoms with Gasteiger partial charge in [0.1, 0.15) is 0 Å². The average Bonchev–Trinajstić information content (AvgIpc) is 2.33. The highest BCUT2D eigenvalue weighted by Crippen LogP contribution is 2.19. The maximum Gasteiger partial charge on any atom is 0.0515 e. The van der Waals surface area contributed by atoms with Crippen molar-refractivity contribution in [1.29, 1.82) is 0 Å². The Bertz CT molecular complexity index is 262. The first-order valence-corrected chi connectivity index (χ1v) is 5.71. The van der Waals surface area contributed by atoms with Crippen LogP contribution in [0.3, 0.4) is 0 Å². The number of nitrogens with one attached hydrogen (secondary N) is 1. The second-order valence-corrected chi connectivity index (χ2v) is 5.59. The minimum atomic E-state index is 0.209. The molecule has 0 amide bonds. The van der Waals surface area contributed by atoms with Crippen molar-refractivity contribution in [2.75, 3.05) is 6.54 Å². The smallest absolute Gasteiger partial charge is 0.0515 e. The topological polar surface area (TPSA) is 12.0 Å². The van der Waals surface area contributed by atoms with Crippen LogP contribution in [0.25, 0.3) is 0 Å². The summed E-state index contributed by atoms with van der Waals surface area (Å²) >= 11 is 7.55. The first-order chi connectivity index (χ1) is 5.97. The van der Waals surface area contributed by atoms with Crippen molar-refractivity contribution >= 4 is 22.9 Å². The maximum atomic E-state index is 5.82. The lowest BCUT2D eigenvalue weighted by Crippen LogP contribution is -2.36. The van der Waals surface area contributed by atoms with E-state index in [0.717, 1.165) is 18.0 Å². The summed E-state index contributed by atoms with van der Waals surface area (Å²) in [6.45, 7) is 7.54. The van der Waals surface area contributed by atoms with E-state index in [1.165, 1.54) is 4.88 Å². The average molecular weight is 218 g/mol. The summed E-state index contributed by atoms with van der Waals surface area (Å²) in [7, 11) is 0. The van der Waals surface area contributed by atoms with Gasteiger partial charge in [-0.15, -0.1) is 11.3 Å². The first-order valence-electron chi connectivity index (χ1n) is 4.45. The van der Waals surface area contributed by atoms with E-state index in [9.17, 15) is 0 Å². The van der Waals surface area contributed by atoms with E-state index in [-0.39, 0.29) is 5.54 Å². The van der Waals surface area contributed by atoms with Gasteiger partial charge in [0.05, 0.1) is 5.02 Å². The van der Waals surface area contributed by atoms with Crippen molar-refractivity contribution in [2.24, 2.45) is 0 Å². The molecule has 1 nitrogen and oxygen atoms in total. The molecule has 1 aromatic heterocycles. The molecule has 74 valence electrons. The molecule has 13 heavy (non-hydrogen) atoms. The summed E-state index contributed by atoms with van der Waals surface area (Å²) in [5, 5.41) is 6.28. The number of hydrogen-bond donors (Lipinski definition) is 1. The third-order valence-corrected chi connectivity index (χ3v) is 2.99. The van der Waals surface area contributed by atoms with Crippen LogP contribution in [0.2, 0.25) is 5.02 Å². The third kappa shape index (κ3) is 4.65. The summed E-state index contributed by atoms with van der Waals surface area (Å²) in [6.07, 6.45) is 1.06. The fourth-order valence-corrected chi connectivity index (χ4v) is 2.12. The first kappa shape index (κ1) is 11.0. The van der Waals surface area contributed by atoms with Gasteiger partial charge in [-0.3, -0.25) is 0 Å². The zero-order valence-electron chi connectivity index (χ0n) is 8.36. The Labute approximate surface area is 89.1 Å². The van der Waals surface area contributed by atoms with Gasteiger partial charge >= 0.3 is 0 Å². The summed E-state index contributed by atoms with van der Waals surface area (Å²) in [4.78, 5) is 1.35. The zero-order chi connectivity index (χ0) is 9.90. The minimum Gasteiger partial charge on any atom is -0.312 e. The molecule has 0 spiro atoms. The number of rotatable bonds is 3. The molecule has 0 aromatic carbocycles. The molecule has 0 radical (unpaired) electrons.